The quantitative estimate of drug-likeness (QED) is 0.906. The van der Waals surface area contributed by atoms with Gasteiger partial charge in [-0.2, -0.15) is 0 Å². The summed E-state index contributed by atoms with van der Waals surface area (Å²) in [5.41, 5.74) is 3.35. The molecule has 1 fully saturated rings. The molecule has 6 nitrogen and oxygen atoms in total. The van der Waals surface area contributed by atoms with Crippen molar-refractivity contribution in [3.63, 3.8) is 0 Å². The molecule has 0 aromatic carbocycles. The zero-order valence-corrected chi connectivity index (χ0v) is 15.6. The van der Waals surface area contributed by atoms with Gasteiger partial charge in [0, 0.05) is 49.7 Å². The Morgan fingerprint density at radius 1 is 1.23 bits per heavy atom. The van der Waals surface area contributed by atoms with Crippen LogP contribution in [0.15, 0.2) is 24.4 Å². The van der Waals surface area contributed by atoms with Gasteiger partial charge in [0.25, 0.3) is 0 Å². The highest BCUT2D eigenvalue weighted by Gasteiger charge is 2.30. The molecule has 0 radical (unpaired) electrons. The number of aliphatic hydroxyl groups is 1. The first-order valence-corrected chi connectivity index (χ1v) is 9.60. The number of β-amino-alcohol motifs (C(OH)–C–C–N with tert-alkyl or cyclic N) is 1. The van der Waals surface area contributed by atoms with Crippen molar-refractivity contribution in [3.8, 4) is 11.5 Å². The van der Waals surface area contributed by atoms with Crippen LogP contribution in [-0.2, 0) is 12.8 Å². The van der Waals surface area contributed by atoms with E-state index < -0.39 is 0 Å². The second-order valence-electron chi connectivity index (χ2n) is 7.52. The van der Waals surface area contributed by atoms with E-state index in [1.165, 1.54) is 11.3 Å². The number of aromatic nitrogens is 3. The van der Waals surface area contributed by atoms with Crippen LogP contribution in [0.25, 0.3) is 11.5 Å². The summed E-state index contributed by atoms with van der Waals surface area (Å²) in [6.07, 6.45) is 4.75. The number of anilines is 1. The zero-order valence-electron chi connectivity index (χ0n) is 15.6. The number of hydrogen-bond donors (Lipinski definition) is 1. The summed E-state index contributed by atoms with van der Waals surface area (Å²) in [5, 5.41) is 9.68. The third-order valence-corrected chi connectivity index (χ3v) is 5.31. The topological polar surface area (TPSA) is 65.4 Å². The van der Waals surface area contributed by atoms with Crippen molar-refractivity contribution in [1.29, 1.82) is 0 Å². The van der Waals surface area contributed by atoms with Crippen LogP contribution in [0.5, 0.6) is 0 Å². The van der Waals surface area contributed by atoms with E-state index in [2.05, 4.69) is 21.7 Å². The number of hydrogen-bond acceptors (Lipinski definition) is 6. The van der Waals surface area contributed by atoms with Crippen molar-refractivity contribution < 1.29 is 5.11 Å². The average molecular weight is 353 g/mol. The Kier molecular flexibility index (Phi) is 4.87. The van der Waals surface area contributed by atoms with Crippen molar-refractivity contribution in [2.45, 2.75) is 45.3 Å². The fraction of sp³-hybridized carbons (Fsp3) is 0.550. The van der Waals surface area contributed by atoms with Crippen molar-refractivity contribution in [2.75, 3.05) is 31.1 Å². The van der Waals surface area contributed by atoms with Crippen LogP contribution in [0.2, 0.25) is 0 Å². The number of pyridine rings is 1. The lowest BCUT2D eigenvalue weighted by atomic mass is 10.1. The third-order valence-electron chi connectivity index (χ3n) is 5.31. The molecular weight excluding hydrogens is 326 g/mol. The smallest absolute Gasteiger partial charge is 0.180 e. The van der Waals surface area contributed by atoms with Crippen LogP contribution >= 0.6 is 0 Å². The summed E-state index contributed by atoms with van der Waals surface area (Å²) in [4.78, 5) is 19.0. The third kappa shape index (κ3) is 3.44. The van der Waals surface area contributed by atoms with Crippen LogP contribution < -0.4 is 4.90 Å². The maximum absolute atomic E-state index is 9.68. The minimum atomic E-state index is -0.284. The molecule has 3 heterocycles. The SMILES string of the molecule is CC(O)CN1CCN(c2nc(-c3ccccn3)nc3c2CCC3)C(C)C1. The van der Waals surface area contributed by atoms with Gasteiger partial charge in [-0.1, -0.05) is 6.07 Å². The molecule has 138 valence electrons. The number of nitrogens with zero attached hydrogens (tertiary/aromatic N) is 5. The predicted molar refractivity (Wildman–Crippen MR) is 102 cm³/mol. The van der Waals surface area contributed by atoms with Gasteiger partial charge in [-0.25, -0.2) is 9.97 Å². The molecule has 0 spiro atoms. The van der Waals surface area contributed by atoms with Gasteiger partial charge in [0.05, 0.1) is 6.10 Å². The van der Waals surface area contributed by atoms with Gasteiger partial charge in [-0.05, 0) is 45.2 Å². The molecule has 6 heteroatoms. The zero-order chi connectivity index (χ0) is 18.1. The summed E-state index contributed by atoms with van der Waals surface area (Å²) in [5.74, 6) is 1.83. The van der Waals surface area contributed by atoms with E-state index in [0.29, 0.717) is 6.04 Å². The summed E-state index contributed by atoms with van der Waals surface area (Å²) < 4.78 is 0. The van der Waals surface area contributed by atoms with Gasteiger partial charge >= 0.3 is 0 Å². The number of rotatable bonds is 4. The molecule has 1 N–H and O–H groups in total. The van der Waals surface area contributed by atoms with E-state index >= 15 is 0 Å². The highest BCUT2D eigenvalue weighted by molar-refractivity contribution is 5.59. The molecule has 2 aliphatic rings. The largest absolute Gasteiger partial charge is 0.392 e. The Bertz CT molecular complexity index is 764. The van der Waals surface area contributed by atoms with E-state index in [-0.39, 0.29) is 6.10 Å². The maximum Gasteiger partial charge on any atom is 0.180 e. The molecule has 1 saturated heterocycles. The molecule has 1 aliphatic heterocycles. The number of aliphatic hydroxyl groups excluding tert-OH is 1. The number of fused-ring (bicyclic) bond motifs is 1. The second kappa shape index (κ2) is 7.29. The molecule has 0 amide bonds. The Morgan fingerprint density at radius 3 is 2.85 bits per heavy atom. The van der Waals surface area contributed by atoms with E-state index in [4.69, 9.17) is 9.97 Å². The molecule has 0 saturated carbocycles. The molecular formula is C20H27N5O. The lowest BCUT2D eigenvalue weighted by Gasteiger charge is -2.41. The summed E-state index contributed by atoms with van der Waals surface area (Å²) in [6.45, 7) is 7.67. The van der Waals surface area contributed by atoms with E-state index in [0.717, 1.165) is 62.8 Å². The van der Waals surface area contributed by atoms with Crippen LogP contribution in [0.3, 0.4) is 0 Å². The Hall–Kier alpha value is -2.05. The van der Waals surface area contributed by atoms with Crippen LogP contribution in [-0.4, -0.2) is 63.3 Å². The highest BCUT2D eigenvalue weighted by atomic mass is 16.3. The normalized spacial score (nSPS) is 21.7. The first-order chi connectivity index (χ1) is 12.6. The Morgan fingerprint density at radius 2 is 2.12 bits per heavy atom. The molecule has 4 rings (SSSR count). The fourth-order valence-corrected chi connectivity index (χ4v) is 4.15. The predicted octanol–water partition coefficient (Wildman–Crippen LogP) is 1.92. The lowest BCUT2D eigenvalue weighted by Crippen LogP contribution is -2.53. The van der Waals surface area contributed by atoms with Crippen LogP contribution in [0.4, 0.5) is 5.82 Å². The molecule has 2 unspecified atom stereocenters. The molecule has 0 bridgehead atoms. The molecule has 2 atom stereocenters. The molecule has 2 aromatic rings. The molecule has 1 aliphatic carbocycles. The Balaban J connectivity index is 1.65. The van der Waals surface area contributed by atoms with Gasteiger partial charge in [-0.3, -0.25) is 9.88 Å². The van der Waals surface area contributed by atoms with Crippen LogP contribution in [0.1, 0.15) is 31.5 Å². The van der Waals surface area contributed by atoms with Gasteiger partial charge in [-0.15, -0.1) is 0 Å². The second-order valence-corrected chi connectivity index (χ2v) is 7.52. The average Bonchev–Trinajstić information content (AvgIpc) is 3.10. The molecule has 26 heavy (non-hydrogen) atoms. The van der Waals surface area contributed by atoms with Gasteiger partial charge < -0.3 is 10.0 Å². The fourth-order valence-electron chi connectivity index (χ4n) is 4.15. The lowest BCUT2D eigenvalue weighted by molar-refractivity contribution is 0.114. The summed E-state index contributed by atoms with van der Waals surface area (Å²) in [7, 11) is 0. The minimum Gasteiger partial charge on any atom is -0.392 e. The van der Waals surface area contributed by atoms with Gasteiger partial charge in [0.2, 0.25) is 0 Å². The first-order valence-electron chi connectivity index (χ1n) is 9.60. The van der Waals surface area contributed by atoms with Crippen molar-refractivity contribution in [3.05, 3.63) is 35.7 Å². The van der Waals surface area contributed by atoms with E-state index in [1.54, 1.807) is 6.20 Å². The van der Waals surface area contributed by atoms with Crippen molar-refractivity contribution in [2.24, 2.45) is 0 Å². The van der Waals surface area contributed by atoms with Crippen molar-refractivity contribution in [1.82, 2.24) is 19.9 Å². The summed E-state index contributed by atoms with van der Waals surface area (Å²) >= 11 is 0. The molecule has 2 aromatic heterocycles. The van der Waals surface area contributed by atoms with Crippen LogP contribution in [0, 0.1) is 0 Å². The maximum atomic E-state index is 9.68. The van der Waals surface area contributed by atoms with Gasteiger partial charge in [0.15, 0.2) is 5.82 Å². The van der Waals surface area contributed by atoms with Crippen molar-refractivity contribution >= 4 is 5.82 Å². The highest BCUT2D eigenvalue weighted by Crippen LogP contribution is 2.32. The monoisotopic (exact) mass is 353 g/mol. The van der Waals surface area contributed by atoms with E-state index in [9.17, 15) is 5.11 Å². The standard InChI is InChI=1S/C20H27N5O/c1-14-12-24(13-15(2)26)10-11-25(14)20-16-6-5-8-17(16)22-19(23-20)18-7-3-4-9-21-18/h3-4,7,9,14-15,26H,5-6,8,10-13H2,1-2H3. The first kappa shape index (κ1) is 17.4. The number of piperazine rings is 1. The van der Waals surface area contributed by atoms with E-state index in [1.807, 2.05) is 25.1 Å². The minimum absolute atomic E-state index is 0.284. The summed E-state index contributed by atoms with van der Waals surface area (Å²) in [6, 6.07) is 6.24. The number of aryl methyl sites for hydroxylation is 1. The Labute approximate surface area is 154 Å². The van der Waals surface area contributed by atoms with Gasteiger partial charge in [0.1, 0.15) is 11.5 Å².